The molecule has 7 heavy (non-hydrogen) atoms. The number of halogens is 2. The Bertz CT molecular complexity index is 46.2. The van der Waals surface area contributed by atoms with Crippen molar-refractivity contribution in [2.75, 3.05) is 0 Å². The minimum absolute atomic E-state index is 0. The zero-order valence-electron chi connectivity index (χ0n) is 4.32. The van der Waals surface area contributed by atoms with Gasteiger partial charge in [0.25, 0.3) is 0 Å². The van der Waals surface area contributed by atoms with Crippen molar-refractivity contribution in [3.63, 3.8) is 0 Å². The third-order valence-electron chi connectivity index (χ3n) is 0.637. The number of hydrogen-bond acceptors (Lipinski definition) is 1. The van der Waals surface area contributed by atoms with Crippen LogP contribution in [0.2, 0.25) is 0 Å². The molecule has 1 saturated heterocycles. The summed E-state index contributed by atoms with van der Waals surface area (Å²) in [5.74, 6) is 0. The topological polar surface area (TPSA) is 12.5 Å². The number of ether oxygens (including phenoxy) is 1. The molecule has 1 aliphatic heterocycles. The van der Waals surface area contributed by atoms with E-state index in [2.05, 4.69) is 4.74 Å². The van der Waals surface area contributed by atoms with Crippen LogP contribution in [0, 0.1) is 0 Å². The van der Waals surface area contributed by atoms with Crippen molar-refractivity contribution in [2.45, 2.75) is 18.6 Å². The number of epoxide rings is 1. The maximum atomic E-state index is 5.31. The Balaban J connectivity index is 0. The average molecular weight is 151 g/mol. The molecule has 1 nitrogen and oxygen atoms in total. The molecule has 1 fully saturated rings. The molecule has 0 bridgehead atoms. The van der Waals surface area contributed by atoms with Crippen LogP contribution in [-0.2, 0) is 4.74 Å². The van der Waals surface area contributed by atoms with E-state index in [4.69, 9.17) is 11.6 Å². The Kier molecular flexibility index (Phi) is 7.17. The Labute approximate surface area is 76.4 Å². The fraction of sp³-hybridized carbons (Fsp3) is 1.00. The Morgan fingerprint density at radius 2 is 1.71 bits per heavy atom. The molecule has 1 heterocycles. The van der Waals surface area contributed by atoms with E-state index in [1.54, 1.807) is 0 Å². The van der Waals surface area contributed by atoms with Gasteiger partial charge in [-0.2, -0.15) is 0 Å². The Hall–Kier alpha value is 1.54. The molecule has 0 aromatic heterocycles. The van der Waals surface area contributed by atoms with Gasteiger partial charge in [0.05, 0.1) is 6.10 Å². The molecule has 2 atom stereocenters. The van der Waals surface area contributed by atoms with Crippen molar-refractivity contribution >= 4 is 11.6 Å². The van der Waals surface area contributed by atoms with Crippen LogP contribution in [0.4, 0.5) is 0 Å². The van der Waals surface area contributed by atoms with Crippen LogP contribution in [0.3, 0.4) is 0 Å². The fourth-order valence-corrected chi connectivity index (χ4v) is 0.322. The second-order valence-electron chi connectivity index (χ2n) is 1.19. The van der Waals surface area contributed by atoms with E-state index in [-0.39, 0.29) is 47.5 Å². The number of alkyl halides is 1. The minimum Gasteiger partial charge on any atom is -1.00 e. The van der Waals surface area contributed by atoms with E-state index < -0.39 is 0 Å². The van der Waals surface area contributed by atoms with Gasteiger partial charge in [-0.1, -0.05) is 11.6 Å². The first-order valence-electron chi connectivity index (χ1n) is 1.60. The molecule has 0 aromatic rings. The first kappa shape index (κ1) is 11.4. The Morgan fingerprint density at radius 3 is 1.71 bits per heavy atom. The van der Waals surface area contributed by atoms with Gasteiger partial charge in [0, 0.05) is 0 Å². The maximum absolute atomic E-state index is 5.31. The normalized spacial score (nSPS) is 35.1. The quantitative estimate of drug-likeness (QED) is 0.192. The van der Waals surface area contributed by atoms with Gasteiger partial charge in [-0.15, -0.1) is 0 Å². The van der Waals surface area contributed by atoms with Crippen molar-refractivity contribution < 1.29 is 46.7 Å². The van der Waals surface area contributed by atoms with Crippen LogP contribution in [0.5, 0.6) is 0 Å². The second-order valence-corrected chi connectivity index (χ2v) is 1.62. The molecule has 4 heteroatoms. The molecule has 0 amide bonds. The van der Waals surface area contributed by atoms with Crippen molar-refractivity contribution in [3.05, 3.63) is 0 Å². The van der Waals surface area contributed by atoms with Gasteiger partial charge in [-0.25, -0.2) is 0 Å². The van der Waals surface area contributed by atoms with E-state index in [0.717, 1.165) is 0 Å². The Morgan fingerprint density at radius 1 is 1.57 bits per heavy atom. The zero-order chi connectivity index (χ0) is 3.86. The first-order chi connectivity index (χ1) is 2.30. The van der Waals surface area contributed by atoms with Gasteiger partial charge < -0.3 is 17.1 Å². The summed E-state index contributed by atoms with van der Waals surface area (Å²) >= 11 is 5.31. The monoisotopic (exact) mass is 150 g/mol. The zero-order valence-corrected chi connectivity index (χ0v) is 7.83. The van der Waals surface area contributed by atoms with Gasteiger partial charge in [0.1, 0.15) is 0 Å². The molecule has 0 radical (unpaired) electrons. The smallest absolute Gasteiger partial charge is 1.00 e. The second kappa shape index (κ2) is 4.42. The van der Waals surface area contributed by atoms with Crippen LogP contribution in [-0.4, -0.2) is 11.7 Å². The summed E-state index contributed by atoms with van der Waals surface area (Å²) in [7, 11) is 0. The molecular weight excluding hydrogens is 146 g/mol. The molecule has 0 N–H and O–H groups in total. The van der Waals surface area contributed by atoms with Gasteiger partial charge in [-0.05, 0) is 6.92 Å². The summed E-state index contributed by atoms with van der Waals surface area (Å²) in [5.41, 5.74) is 0.0231. The third kappa shape index (κ3) is 4.07. The molecule has 0 spiro atoms. The predicted octanol–water partition coefficient (Wildman–Crippen LogP) is -5.02. The van der Waals surface area contributed by atoms with Crippen LogP contribution in [0.15, 0.2) is 0 Å². The van der Waals surface area contributed by atoms with Crippen LogP contribution in [0.25, 0.3) is 0 Å². The average Bonchev–Trinajstić information content (AvgIpc) is 1.79. The van der Waals surface area contributed by atoms with Gasteiger partial charge in [0.2, 0.25) is 0 Å². The molecule has 2 unspecified atom stereocenters. The van der Waals surface area contributed by atoms with Gasteiger partial charge in [0.15, 0.2) is 5.56 Å². The van der Waals surface area contributed by atoms with Crippen molar-refractivity contribution in [2.24, 2.45) is 0 Å². The predicted molar refractivity (Wildman–Crippen MR) is 20.2 cm³/mol. The minimum atomic E-state index is 0. The van der Waals surface area contributed by atoms with E-state index in [1.807, 2.05) is 6.92 Å². The van der Waals surface area contributed by atoms with E-state index in [0.29, 0.717) is 6.10 Å². The summed E-state index contributed by atoms with van der Waals surface area (Å²) in [6.45, 7) is 1.94. The van der Waals surface area contributed by atoms with Crippen molar-refractivity contribution in [1.82, 2.24) is 0 Å². The largest absolute Gasteiger partial charge is 1.00 e. The summed E-state index contributed by atoms with van der Waals surface area (Å²) in [5, 5.41) is 0. The van der Waals surface area contributed by atoms with Crippen LogP contribution >= 0.6 is 11.6 Å². The van der Waals surface area contributed by atoms with Crippen molar-refractivity contribution in [3.8, 4) is 0 Å². The number of hydrogen-bond donors (Lipinski definition) is 0. The van der Waals surface area contributed by atoms with E-state index >= 15 is 0 Å². The fourth-order valence-electron chi connectivity index (χ4n) is 0.160. The van der Waals surface area contributed by atoms with Crippen molar-refractivity contribution in [1.29, 1.82) is 0 Å². The van der Waals surface area contributed by atoms with E-state index in [9.17, 15) is 0 Å². The first-order valence-corrected chi connectivity index (χ1v) is 2.04. The molecule has 38 valence electrons. The van der Waals surface area contributed by atoms with E-state index in [1.165, 1.54) is 0 Å². The van der Waals surface area contributed by atoms with Crippen LogP contribution in [0.1, 0.15) is 6.92 Å². The summed E-state index contributed by atoms with van der Waals surface area (Å²) in [6, 6.07) is 0. The molecule has 1 rings (SSSR count). The summed E-state index contributed by atoms with van der Waals surface area (Å²) in [6.07, 6.45) is 0.316. The van der Waals surface area contributed by atoms with Gasteiger partial charge >= 0.3 is 29.6 Å². The molecule has 0 saturated carbocycles. The molecular formula is C3H5Cl2NaO. The molecule has 1 aliphatic rings. The number of rotatable bonds is 0. The van der Waals surface area contributed by atoms with Crippen LogP contribution < -0.4 is 42.0 Å². The van der Waals surface area contributed by atoms with Gasteiger partial charge in [-0.3, -0.25) is 0 Å². The standard InChI is InChI=1S/C3H5ClO.ClH.Na/c1-2-3(4)5-2;;/h2-3H,1H3;1H;/q;;+1/p-1. The maximum Gasteiger partial charge on any atom is 1.00 e. The summed E-state index contributed by atoms with van der Waals surface area (Å²) < 4.78 is 4.68. The SMILES string of the molecule is CC1OC1Cl.[Cl-].[Na+]. The third-order valence-corrected chi connectivity index (χ3v) is 1.09. The molecule has 0 aliphatic carbocycles. The summed E-state index contributed by atoms with van der Waals surface area (Å²) in [4.78, 5) is 0. The molecule has 0 aromatic carbocycles.